The third kappa shape index (κ3) is 3.28. The van der Waals surface area contributed by atoms with E-state index in [0.29, 0.717) is 35.8 Å². The number of aromatic amines is 1. The van der Waals surface area contributed by atoms with Crippen LogP contribution in [0.15, 0.2) is 30.2 Å². The summed E-state index contributed by atoms with van der Waals surface area (Å²) in [6.45, 7) is 4.82. The van der Waals surface area contributed by atoms with Crippen molar-refractivity contribution in [3.8, 4) is 0 Å². The van der Waals surface area contributed by atoms with Gasteiger partial charge in [0, 0.05) is 30.6 Å². The van der Waals surface area contributed by atoms with Crippen LogP contribution < -0.4 is 5.32 Å². The zero-order chi connectivity index (χ0) is 24.5. The second kappa shape index (κ2) is 7.87. The number of pyridine rings is 1. The number of imidazole rings is 1. The number of rotatable bonds is 3. The summed E-state index contributed by atoms with van der Waals surface area (Å²) in [6, 6.07) is 3.84. The standard InChI is InChI=1S/C27H34FN5O2/c1-26-11-10-17-15(6-9-21-27(17,2)13-19(28)25(35)33(21)3)16(26)7-8-18(26)24(34)30-14-22-31-20-5-4-12-29-23(20)32-22/h4-5,12-13,15-18,21H,6-11,14H2,1-3H3,(H,30,34)(H,29,31,32). The Hall–Kier alpha value is -2.77. The van der Waals surface area contributed by atoms with Gasteiger partial charge in [0.15, 0.2) is 11.5 Å². The number of carbonyl (C=O) groups is 2. The molecule has 4 aliphatic rings. The van der Waals surface area contributed by atoms with Crippen LogP contribution in [-0.2, 0) is 16.1 Å². The molecule has 35 heavy (non-hydrogen) atoms. The van der Waals surface area contributed by atoms with Gasteiger partial charge in [0.05, 0.1) is 12.1 Å². The number of hydrogen-bond acceptors (Lipinski definition) is 4. The quantitative estimate of drug-likeness (QED) is 0.693. The fourth-order valence-electron chi connectivity index (χ4n) is 8.53. The largest absolute Gasteiger partial charge is 0.349 e. The van der Waals surface area contributed by atoms with Crippen molar-refractivity contribution >= 4 is 23.0 Å². The van der Waals surface area contributed by atoms with Gasteiger partial charge in [0.2, 0.25) is 5.91 Å². The van der Waals surface area contributed by atoms with Crippen molar-refractivity contribution in [1.29, 1.82) is 0 Å². The van der Waals surface area contributed by atoms with Crippen LogP contribution in [0.1, 0.15) is 58.2 Å². The molecule has 7 nitrogen and oxygen atoms in total. The first kappa shape index (κ1) is 22.7. The van der Waals surface area contributed by atoms with Crippen LogP contribution in [0.2, 0.25) is 0 Å². The second-order valence-electron chi connectivity index (χ2n) is 11.7. The number of halogens is 1. The summed E-state index contributed by atoms with van der Waals surface area (Å²) in [4.78, 5) is 39.3. The van der Waals surface area contributed by atoms with E-state index in [1.165, 1.54) is 0 Å². The van der Waals surface area contributed by atoms with Gasteiger partial charge in [-0.3, -0.25) is 9.59 Å². The van der Waals surface area contributed by atoms with E-state index in [-0.39, 0.29) is 28.7 Å². The second-order valence-corrected chi connectivity index (χ2v) is 11.7. The molecule has 0 radical (unpaired) electrons. The van der Waals surface area contributed by atoms with Crippen LogP contribution in [-0.4, -0.2) is 44.8 Å². The smallest absolute Gasteiger partial charge is 0.282 e. The molecule has 3 saturated carbocycles. The van der Waals surface area contributed by atoms with E-state index in [4.69, 9.17) is 0 Å². The Morgan fingerprint density at radius 3 is 2.86 bits per heavy atom. The van der Waals surface area contributed by atoms with Crippen molar-refractivity contribution in [2.45, 2.75) is 65.0 Å². The Balaban J connectivity index is 1.19. The number of hydrogen-bond donors (Lipinski definition) is 2. The number of fused-ring (bicyclic) bond motifs is 6. The number of carbonyl (C=O) groups excluding carboxylic acids is 2. The summed E-state index contributed by atoms with van der Waals surface area (Å²) in [5.74, 6) is 0.954. The molecular formula is C27H34FN5O2. The van der Waals surface area contributed by atoms with Crippen molar-refractivity contribution in [2.24, 2.45) is 34.5 Å². The third-order valence-corrected chi connectivity index (χ3v) is 10.2. The first-order valence-corrected chi connectivity index (χ1v) is 12.9. The topological polar surface area (TPSA) is 91.0 Å². The minimum absolute atomic E-state index is 0.0237. The lowest BCUT2D eigenvalue weighted by atomic mass is 9.47. The van der Waals surface area contributed by atoms with E-state index in [9.17, 15) is 14.0 Å². The minimum Gasteiger partial charge on any atom is -0.349 e. The Morgan fingerprint density at radius 2 is 2.06 bits per heavy atom. The molecule has 8 heteroatoms. The summed E-state index contributed by atoms with van der Waals surface area (Å²) in [5.41, 5.74) is 1.13. The summed E-state index contributed by atoms with van der Waals surface area (Å²) >= 11 is 0. The van der Waals surface area contributed by atoms with Gasteiger partial charge in [0.25, 0.3) is 5.91 Å². The van der Waals surface area contributed by atoms with Crippen LogP contribution in [0.4, 0.5) is 4.39 Å². The molecule has 2 aromatic heterocycles. The SMILES string of the molecule is CN1C(=O)C(F)=CC2(C)C3CCC4(C)C(C(=O)NCc5nc6ncccc6[nH]5)CCC4C3CCC12. The molecule has 0 saturated heterocycles. The van der Waals surface area contributed by atoms with Crippen LogP contribution in [0, 0.1) is 34.5 Å². The number of nitrogens with one attached hydrogen (secondary N) is 2. The summed E-state index contributed by atoms with van der Waals surface area (Å²) in [7, 11) is 1.75. The van der Waals surface area contributed by atoms with E-state index in [2.05, 4.69) is 34.1 Å². The Kier molecular flexibility index (Phi) is 5.10. The average Bonchev–Trinajstić information content (AvgIpc) is 3.41. The Labute approximate surface area is 205 Å². The van der Waals surface area contributed by atoms with Gasteiger partial charge < -0.3 is 15.2 Å². The summed E-state index contributed by atoms with van der Waals surface area (Å²) < 4.78 is 14.6. The molecule has 7 atom stereocenters. The van der Waals surface area contributed by atoms with E-state index in [0.717, 1.165) is 44.0 Å². The van der Waals surface area contributed by atoms with Crippen molar-refractivity contribution in [1.82, 2.24) is 25.2 Å². The molecule has 186 valence electrons. The molecule has 0 bridgehead atoms. The maximum absolute atomic E-state index is 14.6. The molecule has 3 fully saturated rings. The number of H-pyrrole nitrogens is 1. The van der Waals surface area contributed by atoms with E-state index in [1.807, 2.05) is 12.1 Å². The monoisotopic (exact) mass is 479 g/mol. The van der Waals surface area contributed by atoms with Gasteiger partial charge in [-0.05, 0) is 79.9 Å². The zero-order valence-corrected chi connectivity index (χ0v) is 20.7. The lowest BCUT2D eigenvalue weighted by molar-refractivity contribution is -0.145. The maximum atomic E-state index is 14.6. The lowest BCUT2D eigenvalue weighted by Gasteiger charge is -2.60. The molecule has 0 aromatic carbocycles. The van der Waals surface area contributed by atoms with E-state index >= 15 is 0 Å². The van der Waals surface area contributed by atoms with Crippen LogP contribution >= 0.6 is 0 Å². The molecule has 6 rings (SSSR count). The van der Waals surface area contributed by atoms with Crippen LogP contribution in [0.5, 0.6) is 0 Å². The molecule has 1 aliphatic heterocycles. The molecule has 2 aromatic rings. The molecule has 7 unspecified atom stereocenters. The van der Waals surface area contributed by atoms with Crippen molar-refractivity contribution in [3.05, 3.63) is 36.1 Å². The number of amides is 2. The highest BCUT2D eigenvalue weighted by Crippen LogP contribution is 2.65. The van der Waals surface area contributed by atoms with Gasteiger partial charge in [0.1, 0.15) is 5.82 Å². The third-order valence-electron chi connectivity index (χ3n) is 10.2. The molecule has 2 amide bonds. The molecule has 3 heterocycles. The van der Waals surface area contributed by atoms with Crippen molar-refractivity contribution in [2.75, 3.05) is 7.05 Å². The summed E-state index contributed by atoms with van der Waals surface area (Å²) in [6.07, 6.45) is 9.14. The molecular weight excluding hydrogens is 445 g/mol. The van der Waals surface area contributed by atoms with Crippen LogP contribution in [0.25, 0.3) is 11.2 Å². The minimum atomic E-state index is -0.607. The van der Waals surface area contributed by atoms with Gasteiger partial charge in [-0.25, -0.2) is 14.4 Å². The number of nitrogens with zero attached hydrogens (tertiary/aromatic N) is 3. The van der Waals surface area contributed by atoms with Gasteiger partial charge in [-0.1, -0.05) is 13.8 Å². The van der Waals surface area contributed by atoms with Crippen molar-refractivity contribution < 1.29 is 14.0 Å². The van der Waals surface area contributed by atoms with Gasteiger partial charge in [-0.15, -0.1) is 0 Å². The first-order chi connectivity index (χ1) is 16.7. The highest BCUT2D eigenvalue weighted by Gasteiger charge is 2.62. The average molecular weight is 480 g/mol. The van der Waals surface area contributed by atoms with E-state index < -0.39 is 11.7 Å². The highest BCUT2D eigenvalue weighted by molar-refractivity contribution is 5.92. The number of likely N-dealkylation sites (N-methyl/N-ethyl adjacent to an activating group) is 1. The molecule has 2 N–H and O–H groups in total. The van der Waals surface area contributed by atoms with Crippen molar-refractivity contribution in [3.63, 3.8) is 0 Å². The van der Waals surface area contributed by atoms with Gasteiger partial charge >= 0.3 is 0 Å². The normalized spacial score (nSPS) is 38.5. The fraction of sp³-hybridized carbons (Fsp3) is 0.630. The number of aromatic nitrogens is 3. The maximum Gasteiger partial charge on any atom is 0.282 e. The van der Waals surface area contributed by atoms with Gasteiger partial charge in [-0.2, -0.15) is 0 Å². The predicted octanol–water partition coefficient (Wildman–Crippen LogP) is 4.13. The lowest BCUT2D eigenvalue weighted by Crippen LogP contribution is -2.60. The molecule has 0 spiro atoms. The Bertz CT molecular complexity index is 1190. The fourth-order valence-corrected chi connectivity index (χ4v) is 8.53. The summed E-state index contributed by atoms with van der Waals surface area (Å²) in [5, 5.41) is 3.14. The first-order valence-electron chi connectivity index (χ1n) is 12.9. The zero-order valence-electron chi connectivity index (χ0n) is 20.7. The Morgan fingerprint density at radius 1 is 1.23 bits per heavy atom. The molecule has 3 aliphatic carbocycles. The highest BCUT2D eigenvalue weighted by atomic mass is 19.1. The predicted molar refractivity (Wildman–Crippen MR) is 129 cm³/mol. The van der Waals surface area contributed by atoms with Crippen LogP contribution in [0.3, 0.4) is 0 Å². The van der Waals surface area contributed by atoms with E-state index in [1.54, 1.807) is 24.2 Å².